The molecule has 220 valence electrons. The zero-order valence-electron chi connectivity index (χ0n) is 23.9. The number of piperidine rings is 1. The van der Waals surface area contributed by atoms with Crippen LogP contribution in [-0.4, -0.2) is 87.7 Å². The normalized spacial score (nSPS) is 19.6. The van der Waals surface area contributed by atoms with Crippen molar-refractivity contribution in [2.45, 2.75) is 83.1 Å². The third-order valence-corrected chi connectivity index (χ3v) is 7.57. The van der Waals surface area contributed by atoms with Crippen LogP contribution in [0.3, 0.4) is 0 Å². The molecule has 0 spiro atoms. The summed E-state index contributed by atoms with van der Waals surface area (Å²) in [6, 6.07) is 4.42. The summed E-state index contributed by atoms with van der Waals surface area (Å²) >= 11 is 0. The number of nitrogens with one attached hydrogen (secondary N) is 1. The summed E-state index contributed by atoms with van der Waals surface area (Å²) in [7, 11) is 0. The fourth-order valence-electron chi connectivity index (χ4n) is 5.32. The highest BCUT2D eigenvalue weighted by Gasteiger charge is 2.40. The lowest BCUT2D eigenvalue weighted by atomic mass is 10.0. The second-order valence-corrected chi connectivity index (χ2v) is 12.0. The van der Waals surface area contributed by atoms with Crippen molar-refractivity contribution in [2.75, 3.05) is 26.2 Å². The lowest BCUT2D eigenvalue weighted by molar-refractivity contribution is 0.0142. The molecule has 11 heteroatoms. The number of benzene rings is 1. The molecule has 1 aliphatic carbocycles. The van der Waals surface area contributed by atoms with Crippen molar-refractivity contribution in [2.24, 2.45) is 0 Å². The topological polar surface area (TPSA) is 114 Å². The molecule has 5 rings (SSSR count). The molecule has 3 aliphatic rings. The Balaban J connectivity index is 1.20. The van der Waals surface area contributed by atoms with Crippen molar-refractivity contribution in [3.05, 3.63) is 47.5 Å². The quantitative estimate of drug-likeness (QED) is 0.534. The Labute approximate surface area is 239 Å². The number of nitrogens with zero attached hydrogens (tertiary/aromatic N) is 4. The number of hydrogen-bond donors (Lipinski definition) is 1. The van der Waals surface area contributed by atoms with Crippen molar-refractivity contribution in [3.8, 4) is 11.4 Å². The predicted molar refractivity (Wildman–Crippen MR) is 149 cm³/mol. The van der Waals surface area contributed by atoms with Crippen LogP contribution in [0.15, 0.2) is 30.6 Å². The summed E-state index contributed by atoms with van der Waals surface area (Å²) in [5.74, 6) is -1.05. The van der Waals surface area contributed by atoms with Crippen molar-refractivity contribution >= 4 is 17.9 Å². The molecule has 3 heterocycles. The van der Waals surface area contributed by atoms with Crippen LogP contribution < -0.4 is 5.32 Å². The minimum Gasteiger partial charge on any atom is -0.444 e. The molecular formula is C30H38FN5O5. The van der Waals surface area contributed by atoms with E-state index in [4.69, 9.17) is 9.47 Å². The molecule has 0 bridgehead atoms. The smallest absolute Gasteiger partial charge is 0.410 e. The summed E-state index contributed by atoms with van der Waals surface area (Å²) in [6.07, 6.45) is 7.66. The SMILES string of the molecule is CC(C)(C)OC(=O)N1CCC(N(C(=O)c2cnc(-c3ccc(C(=O)NCC4CCCO4)c(F)c3)nc2)C2CC2)CC1. The van der Waals surface area contributed by atoms with Crippen LogP contribution in [0.25, 0.3) is 11.4 Å². The van der Waals surface area contributed by atoms with Gasteiger partial charge in [-0.1, -0.05) is 6.07 Å². The number of rotatable bonds is 7. The molecule has 2 aliphatic heterocycles. The van der Waals surface area contributed by atoms with Gasteiger partial charge in [0.2, 0.25) is 0 Å². The van der Waals surface area contributed by atoms with Gasteiger partial charge in [-0.3, -0.25) is 9.59 Å². The van der Waals surface area contributed by atoms with Gasteiger partial charge in [0.15, 0.2) is 5.82 Å². The van der Waals surface area contributed by atoms with Gasteiger partial charge in [0.1, 0.15) is 11.4 Å². The zero-order chi connectivity index (χ0) is 29.1. The average Bonchev–Trinajstić information content (AvgIpc) is 3.63. The second kappa shape index (κ2) is 12.1. The van der Waals surface area contributed by atoms with Gasteiger partial charge in [0.05, 0.1) is 17.2 Å². The summed E-state index contributed by atoms with van der Waals surface area (Å²) in [5, 5.41) is 2.73. The largest absolute Gasteiger partial charge is 0.444 e. The van der Waals surface area contributed by atoms with Crippen molar-refractivity contribution in [1.29, 1.82) is 0 Å². The number of ether oxygens (including phenoxy) is 2. The zero-order valence-corrected chi connectivity index (χ0v) is 23.9. The van der Waals surface area contributed by atoms with Gasteiger partial charge in [-0.25, -0.2) is 19.2 Å². The van der Waals surface area contributed by atoms with E-state index in [-0.39, 0.29) is 41.6 Å². The van der Waals surface area contributed by atoms with Gasteiger partial charge in [0, 0.05) is 56.3 Å². The number of carbonyl (C=O) groups excluding carboxylic acids is 3. The van der Waals surface area contributed by atoms with Crippen LogP contribution in [0.4, 0.5) is 9.18 Å². The maximum Gasteiger partial charge on any atom is 0.410 e. The average molecular weight is 568 g/mol. The van der Waals surface area contributed by atoms with E-state index < -0.39 is 17.3 Å². The molecule has 2 aromatic rings. The summed E-state index contributed by atoms with van der Waals surface area (Å²) in [4.78, 5) is 50.7. The highest BCUT2D eigenvalue weighted by molar-refractivity contribution is 5.95. The lowest BCUT2D eigenvalue weighted by Crippen LogP contribution is -2.50. The third kappa shape index (κ3) is 7.19. The van der Waals surface area contributed by atoms with E-state index in [1.165, 1.54) is 24.5 Å². The lowest BCUT2D eigenvalue weighted by Gasteiger charge is -2.39. The number of likely N-dealkylation sites (tertiary alicyclic amines) is 1. The van der Waals surface area contributed by atoms with E-state index in [2.05, 4.69) is 15.3 Å². The fraction of sp³-hybridized carbons (Fsp3) is 0.567. The number of carbonyl (C=O) groups is 3. The second-order valence-electron chi connectivity index (χ2n) is 12.0. The number of halogens is 1. The van der Waals surface area contributed by atoms with Gasteiger partial charge in [-0.15, -0.1) is 0 Å². The molecular weight excluding hydrogens is 529 g/mol. The van der Waals surface area contributed by atoms with E-state index >= 15 is 0 Å². The Morgan fingerprint density at radius 1 is 1.07 bits per heavy atom. The summed E-state index contributed by atoms with van der Waals surface area (Å²) in [5.41, 5.74) is 0.158. The van der Waals surface area contributed by atoms with E-state index in [0.717, 1.165) is 25.7 Å². The minimum absolute atomic E-state index is 0.0152. The monoisotopic (exact) mass is 567 g/mol. The Morgan fingerprint density at radius 3 is 2.34 bits per heavy atom. The predicted octanol–water partition coefficient (Wildman–Crippen LogP) is 4.20. The molecule has 2 saturated heterocycles. The molecule has 1 unspecified atom stereocenters. The third-order valence-electron chi connectivity index (χ3n) is 7.57. The first-order valence-electron chi connectivity index (χ1n) is 14.4. The number of hydrogen-bond acceptors (Lipinski definition) is 7. The molecule has 3 fully saturated rings. The first-order chi connectivity index (χ1) is 19.6. The van der Waals surface area contributed by atoms with Crippen LogP contribution in [0.5, 0.6) is 0 Å². The molecule has 10 nitrogen and oxygen atoms in total. The van der Waals surface area contributed by atoms with Crippen molar-refractivity contribution in [3.63, 3.8) is 0 Å². The van der Waals surface area contributed by atoms with Crippen LogP contribution in [0.1, 0.15) is 80.0 Å². The summed E-state index contributed by atoms with van der Waals surface area (Å²) in [6.45, 7) is 7.62. The Morgan fingerprint density at radius 2 is 1.76 bits per heavy atom. The highest BCUT2D eigenvalue weighted by Crippen LogP contribution is 2.33. The van der Waals surface area contributed by atoms with Crippen molar-refractivity contribution in [1.82, 2.24) is 25.1 Å². The molecule has 1 saturated carbocycles. The first kappa shape index (κ1) is 28.9. The van der Waals surface area contributed by atoms with E-state index in [1.807, 2.05) is 25.7 Å². The molecule has 1 N–H and O–H groups in total. The minimum atomic E-state index is -0.672. The standard InChI is InChI=1S/C30H38FN5O5/c1-30(2,3)41-29(39)35-12-10-22(11-13-35)36(21-7-8-21)28(38)20-16-32-26(33-17-20)19-6-9-24(25(31)15-19)27(37)34-18-23-5-4-14-40-23/h6,9,15-17,21-23H,4-5,7-8,10-14,18H2,1-3H3,(H,34,37). The van der Waals surface area contributed by atoms with Crippen molar-refractivity contribution < 1.29 is 28.2 Å². The van der Waals surface area contributed by atoms with Crippen LogP contribution >= 0.6 is 0 Å². The van der Waals surface area contributed by atoms with E-state index in [0.29, 0.717) is 50.2 Å². The van der Waals surface area contributed by atoms with Gasteiger partial charge in [0.25, 0.3) is 11.8 Å². The van der Waals surface area contributed by atoms with Gasteiger partial charge in [-0.2, -0.15) is 0 Å². The Bertz CT molecular complexity index is 1260. The van der Waals surface area contributed by atoms with Gasteiger partial charge in [-0.05, 0) is 71.4 Å². The molecule has 41 heavy (non-hydrogen) atoms. The van der Waals surface area contributed by atoms with Crippen LogP contribution in [-0.2, 0) is 9.47 Å². The van der Waals surface area contributed by atoms with E-state index in [9.17, 15) is 18.8 Å². The molecule has 1 atom stereocenters. The molecule has 1 aromatic carbocycles. The van der Waals surface area contributed by atoms with Gasteiger partial charge >= 0.3 is 6.09 Å². The molecule has 1 aromatic heterocycles. The number of aromatic nitrogens is 2. The van der Waals surface area contributed by atoms with Crippen LogP contribution in [0, 0.1) is 5.82 Å². The highest BCUT2D eigenvalue weighted by atomic mass is 19.1. The van der Waals surface area contributed by atoms with Gasteiger partial charge < -0.3 is 24.6 Å². The Hall–Kier alpha value is -3.60. The fourth-order valence-corrected chi connectivity index (χ4v) is 5.32. The van der Waals surface area contributed by atoms with Crippen LogP contribution in [0.2, 0.25) is 0 Å². The Kier molecular flexibility index (Phi) is 8.53. The molecule has 0 radical (unpaired) electrons. The summed E-state index contributed by atoms with van der Waals surface area (Å²) < 4.78 is 25.8. The first-order valence-corrected chi connectivity index (χ1v) is 14.4. The number of amides is 3. The van der Waals surface area contributed by atoms with E-state index in [1.54, 1.807) is 11.0 Å². The molecule has 3 amide bonds. The maximum absolute atomic E-state index is 14.8. The maximum atomic E-state index is 14.8.